The van der Waals surface area contributed by atoms with Gasteiger partial charge in [0.15, 0.2) is 11.5 Å². The summed E-state index contributed by atoms with van der Waals surface area (Å²) in [5.41, 5.74) is 2.23. The van der Waals surface area contributed by atoms with Crippen molar-refractivity contribution in [1.29, 1.82) is 0 Å². The van der Waals surface area contributed by atoms with Gasteiger partial charge in [0.05, 0.1) is 29.7 Å². The van der Waals surface area contributed by atoms with Gasteiger partial charge in [-0.15, -0.1) is 0 Å². The molecule has 0 radical (unpaired) electrons. The van der Waals surface area contributed by atoms with Gasteiger partial charge < -0.3 is 19.8 Å². The van der Waals surface area contributed by atoms with Crippen LogP contribution in [0.15, 0.2) is 12.1 Å². The number of phenols is 1. The number of aryl methyl sites for hydroxylation is 2. The minimum absolute atomic E-state index is 0.00147. The first-order chi connectivity index (χ1) is 16.8. The van der Waals surface area contributed by atoms with Gasteiger partial charge in [0.1, 0.15) is 6.10 Å². The molecule has 4 atom stereocenters. The zero-order valence-corrected chi connectivity index (χ0v) is 21.2. The number of aliphatic hydroxyl groups is 1. The van der Waals surface area contributed by atoms with Gasteiger partial charge in [0, 0.05) is 29.6 Å². The summed E-state index contributed by atoms with van der Waals surface area (Å²) in [6.07, 6.45) is 4.53. The maximum Gasteiger partial charge on any atom is 0.228 e. The quantitative estimate of drug-likeness (QED) is 0.679. The van der Waals surface area contributed by atoms with Crippen molar-refractivity contribution in [1.82, 2.24) is 14.2 Å². The largest absolute Gasteiger partial charge is 0.504 e. The van der Waals surface area contributed by atoms with E-state index in [2.05, 4.69) is 15.3 Å². The lowest BCUT2D eigenvalue weighted by molar-refractivity contribution is -0.162. The maximum atomic E-state index is 13.4. The van der Waals surface area contributed by atoms with Gasteiger partial charge >= 0.3 is 0 Å². The normalized spacial score (nSPS) is 33.3. The van der Waals surface area contributed by atoms with Gasteiger partial charge in [0.25, 0.3) is 0 Å². The second-order valence-electron chi connectivity index (χ2n) is 11.5. The first kappa shape index (κ1) is 22.1. The third-order valence-corrected chi connectivity index (χ3v) is 10.2. The highest BCUT2D eigenvalue weighted by Gasteiger charge is 2.71. The summed E-state index contributed by atoms with van der Waals surface area (Å²) in [5.74, 6) is 1.50. The molecule has 2 aromatic rings. The number of amides is 1. The van der Waals surface area contributed by atoms with Gasteiger partial charge in [-0.1, -0.05) is 6.07 Å². The number of hydrogen-bond acceptors (Lipinski definition) is 7. The molecular weight excluding hydrogens is 462 g/mol. The highest BCUT2D eigenvalue weighted by Crippen LogP contribution is 2.64. The van der Waals surface area contributed by atoms with Gasteiger partial charge in [0.2, 0.25) is 5.91 Å². The van der Waals surface area contributed by atoms with E-state index < -0.39 is 11.0 Å². The Kier molecular flexibility index (Phi) is 4.69. The molecule has 186 valence electrons. The fourth-order valence-corrected chi connectivity index (χ4v) is 8.18. The van der Waals surface area contributed by atoms with E-state index in [1.165, 1.54) is 29.9 Å². The van der Waals surface area contributed by atoms with Crippen LogP contribution in [-0.4, -0.2) is 74.2 Å². The zero-order chi connectivity index (χ0) is 24.1. The molecule has 1 spiro atoms. The van der Waals surface area contributed by atoms with E-state index in [0.29, 0.717) is 25.3 Å². The molecule has 1 amide bonds. The molecule has 2 aliphatic carbocycles. The molecule has 5 aliphatic rings. The summed E-state index contributed by atoms with van der Waals surface area (Å²) in [6.45, 7) is 6.82. The van der Waals surface area contributed by atoms with Crippen molar-refractivity contribution in [3.8, 4) is 11.5 Å². The van der Waals surface area contributed by atoms with Crippen LogP contribution in [0, 0.1) is 19.8 Å². The van der Waals surface area contributed by atoms with Crippen molar-refractivity contribution >= 4 is 17.4 Å². The number of hydrogen-bond donors (Lipinski definition) is 2. The minimum atomic E-state index is -1.00. The molecule has 2 N–H and O–H groups in total. The number of carbonyl (C=O) groups is 1. The molecule has 4 heterocycles. The molecule has 8 heteroatoms. The second-order valence-corrected chi connectivity index (χ2v) is 12.5. The predicted molar refractivity (Wildman–Crippen MR) is 132 cm³/mol. The standard InChI is InChI=1S/C27H33N3O4S/c1-15-9-18-11-20-27(33)6-8-30(22(31)12-19-10-16(2)35-28-19)14-21-26(27,23(18)25(34-21)24(15)32)5-7-29(20)13-17-3-4-17/h9-10,17,20-21,32-33H,3-8,11-14H2,1-2H3/t20-,21+,26-,27-/m1/s1. The van der Waals surface area contributed by atoms with Gasteiger partial charge in [-0.3, -0.25) is 9.69 Å². The number of ether oxygens (including phenoxy) is 1. The van der Waals surface area contributed by atoms with Crippen LogP contribution in [0.2, 0.25) is 0 Å². The van der Waals surface area contributed by atoms with Crippen LogP contribution in [0.1, 0.15) is 52.9 Å². The second kappa shape index (κ2) is 7.43. The Bertz CT molecular complexity index is 1230. The molecule has 35 heavy (non-hydrogen) atoms. The Labute approximate surface area is 209 Å². The lowest BCUT2D eigenvalue weighted by Crippen LogP contribution is -2.74. The van der Waals surface area contributed by atoms with E-state index in [1.807, 2.05) is 24.8 Å². The number of rotatable bonds is 4. The molecule has 7 rings (SSSR count). The Balaban J connectivity index is 1.30. The van der Waals surface area contributed by atoms with Crippen molar-refractivity contribution < 1.29 is 19.7 Å². The molecule has 1 aromatic heterocycles. The maximum absolute atomic E-state index is 13.4. The number of nitrogens with zero attached hydrogens (tertiary/aromatic N) is 3. The van der Waals surface area contributed by atoms with E-state index in [0.717, 1.165) is 53.5 Å². The molecular formula is C27H33N3O4S. The number of carbonyl (C=O) groups excluding carboxylic acids is 1. The van der Waals surface area contributed by atoms with E-state index in [1.54, 1.807) is 0 Å². The fraction of sp³-hybridized carbons (Fsp3) is 0.630. The third kappa shape index (κ3) is 3.02. The number of likely N-dealkylation sites (tertiary alicyclic amines) is 2. The molecule has 2 saturated heterocycles. The summed E-state index contributed by atoms with van der Waals surface area (Å²) in [4.78, 5) is 18.9. The summed E-state index contributed by atoms with van der Waals surface area (Å²) < 4.78 is 11.0. The molecule has 2 bridgehead atoms. The Hall–Kier alpha value is -2.16. The van der Waals surface area contributed by atoms with Crippen molar-refractivity contribution in [2.45, 2.75) is 75.5 Å². The van der Waals surface area contributed by atoms with E-state index in [4.69, 9.17) is 4.74 Å². The predicted octanol–water partition coefficient (Wildman–Crippen LogP) is 2.71. The van der Waals surface area contributed by atoms with Gasteiger partial charge in [-0.05, 0) is 87.1 Å². The first-order valence-corrected chi connectivity index (χ1v) is 13.8. The third-order valence-electron chi connectivity index (χ3n) is 9.46. The minimum Gasteiger partial charge on any atom is -0.504 e. The summed E-state index contributed by atoms with van der Waals surface area (Å²) in [6, 6.07) is 4.08. The zero-order valence-electron chi connectivity index (χ0n) is 20.4. The van der Waals surface area contributed by atoms with Crippen LogP contribution in [0.3, 0.4) is 0 Å². The van der Waals surface area contributed by atoms with Gasteiger partial charge in [-0.25, -0.2) is 0 Å². The lowest BCUT2D eigenvalue weighted by atomic mass is 9.52. The van der Waals surface area contributed by atoms with E-state index >= 15 is 0 Å². The van der Waals surface area contributed by atoms with Crippen LogP contribution in [-0.2, 0) is 23.1 Å². The van der Waals surface area contributed by atoms with E-state index in [-0.39, 0.29) is 30.2 Å². The molecule has 0 unspecified atom stereocenters. The van der Waals surface area contributed by atoms with Gasteiger partial charge in [-0.2, -0.15) is 4.37 Å². The summed E-state index contributed by atoms with van der Waals surface area (Å²) in [7, 11) is 0. The monoisotopic (exact) mass is 495 g/mol. The number of benzene rings is 1. The number of phenolic OH excluding ortho intramolecular Hbond substituents is 1. The van der Waals surface area contributed by atoms with Crippen molar-refractivity contribution in [3.63, 3.8) is 0 Å². The number of aromatic nitrogens is 1. The lowest BCUT2D eigenvalue weighted by Gasteiger charge is -2.60. The fourth-order valence-electron chi connectivity index (χ4n) is 7.62. The Morgan fingerprint density at radius 3 is 2.83 bits per heavy atom. The first-order valence-electron chi connectivity index (χ1n) is 13.0. The van der Waals surface area contributed by atoms with Crippen molar-refractivity contribution in [2.75, 3.05) is 26.2 Å². The molecule has 3 aliphatic heterocycles. The van der Waals surface area contributed by atoms with Crippen LogP contribution in [0.4, 0.5) is 0 Å². The SMILES string of the molecule is Cc1cc(CC(=O)N2CC[C@@]3(O)[C@H]4Cc5cc(C)c(O)c6c5[C@@]3(CCN4CC3CC3)[C@H](C2)O6)ns1. The average molecular weight is 496 g/mol. The van der Waals surface area contributed by atoms with Crippen molar-refractivity contribution in [3.05, 3.63) is 39.4 Å². The smallest absolute Gasteiger partial charge is 0.228 e. The topological polar surface area (TPSA) is 86.1 Å². The average Bonchev–Trinajstić information content (AvgIpc) is 3.47. The molecule has 3 fully saturated rings. The van der Waals surface area contributed by atoms with Crippen LogP contribution in [0.5, 0.6) is 11.5 Å². The van der Waals surface area contributed by atoms with Crippen LogP contribution < -0.4 is 4.74 Å². The molecule has 1 saturated carbocycles. The highest BCUT2D eigenvalue weighted by molar-refractivity contribution is 7.05. The highest BCUT2D eigenvalue weighted by atomic mass is 32.1. The van der Waals surface area contributed by atoms with Crippen molar-refractivity contribution in [2.24, 2.45) is 5.92 Å². The molecule has 7 nitrogen and oxygen atoms in total. The number of aromatic hydroxyl groups is 1. The summed E-state index contributed by atoms with van der Waals surface area (Å²) >= 11 is 1.42. The van der Waals surface area contributed by atoms with E-state index in [9.17, 15) is 15.0 Å². The summed E-state index contributed by atoms with van der Waals surface area (Å²) in [5, 5.41) is 23.7. The molecule has 1 aromatic carbocycles. The Morgan fingerprint density at radius 1 is 1.26 bits per heavy atom. The van der Waals surface area contributed by atoms with Crippen LogP contribution in [0.25, 0.3) is 0 Å². The Morgan fingerprint density at radius 2 is 2.09 bits per heavy atom. The van der Waals surface area contributed by atoms with Crippen LogP contribution >= 0.6 is 11.5 Å². The number of piperidine rings is 1.